The van der Waals surface area contributed by atoms with Crippen LogP contribution in [0.2, 0.25) is 0 Å². The fourth-order valence-electron chi connectivity index (χ4n) is 2.08. The number of hydrogen-bond acceptors (Lipinski definition) is 6. The zero-order valence-corrected chi connectivity index (χ0v) is 12.5. The molecule has 7 heteroatoms. The van der Waals surface area contributed by atoms with Crippen molar-refractivity contribution < 1.29 is 19.0 Å². The summed E-state index contributed by atoms with van der Waals surface area (Å²) in [5.74, 6) is 1.22. The van der Waals surface area contributed by atoms with Gasteiger partial charge in [-0.3, -0.25) is 10.5 Å². The van der Waals surface area contributed by atoms with E-state index in [4.69, 9.17) is 15.2 Å². The number of anilines is 1. The second kappa shape index (κ2) is 5.69. The Bertz CT molecular complexity index is 684. The van der Waals surface area contributed by atoms with Gasteiger partial charge in [0, 0.05) is 12.0 Å². The van der Waals surface area contributed by atoms with Gasteiger partial charge < -0.3 is 9.47 Å². The molecule has 21 heavy (non-hydrogen) atoms. The number of aromatic nitrogens is 2. The number of nitrogens with zero attached hydrogens (tertiary/aromatic N) is 2. The molecule has 2 heterocycles. The van der Waals surface area contributed by atoms with Gasteiger partial charge in [0.2, 0.25) is 5.78 Å². The van der Waals surface area contributed by atoms with E-state index in [-0.39, 0.29) is 12.3 Å². The molecule has 1 aliphatic heterocycles. The monoisotopic (exact) mass is 306 g/mol. The fraction of sp³-hybridized carbons (Fsp3) is 0.357. The quantitative estimate of drug-likeness (QED) is 0.679. The van der Waals surface area contributed by atoms with Gasteiger partial charge in [-0.15, -0.1) is 4.68 Å². The second-order valence-corrected chi connectivity index (χ2v) is 5.72. The average Bonchev–Trinajstić information content (AvgIpc) is 2.87. The van der Waals surface area contributed by atoms with E-state index in [9.17, 15) is 4.79 Å². The van der Waals surface area contributed by atoms with Crippen LogP contribution in [0.3, 0.4) is 0 Å². The first-order valence-corrected chi connectivity index (χ1v) is 7.57. The van der Waals surface area contributed by atoms with Crippen molar-refractivity contribution >= 4 is 22.3 Å². The Balaban J connectivity index is 1.80. The van der Waals surface area contributed by atoms with Crippen LogP contribution < -0.4 is 19.9 Å². The molecule has 3 rings (SSSR count). The lowest BCUT2D eigenvalue weighted by atomic mass is 10.1. The van der Waals surface area contributed by atoms with E-state index in [2.05, 4.69) is 5.10 Å². The number of rotatable bonds is 4. The van der Waals surface area contributed by atoms with Crippen LogP contribution in [0.4, 0.5) is 5.13 Å². The van der Waals surface area contributed by atoms with Gasteiger partial charge in [0.25, 0.3) is 0 Å². The summed E-state index contributed by atoms with van der Waals surface area (Å²) in [6, 6.07) is 5.20. The van der Waals surface area contributed by atoms with E-state index in [1.807, 2.05) is 6.92 Å². The molecule has 0 radical (unpaired) electrons. The summed E-state index contributed by atoms with van der Waals surface area (Å²) in [6.45, 7) is 3.16. The van der Waals surface area contributed by atoms with Crippen molar-refractivity contribution in [3.63, 3.8) is 0 Å². The largest absolute Gasteiger partial charge is 0.486 e. The molecule has 2 aromatic rings. The Morgan fingerprint density at radius 1 is 1.38 bits per heavy atom. The van der Waals surface area contributed by atoms with E-state index >= 15 is 0 Å². The smallest absolute Gasteiger partial charge is 0.354 e. The predicted octanol–water partition coefficient (Wildman–Crippen LogP) is 1.23. The zero-order chi connectivity index (χ0) is 14.8. The minimum absolute atomic E-state index is 0.0587. The van der Waals surface area contributed by atoms with Crippen LogP contribution in [-0.2, 0) is 13.0 Å². The number of carbonyl (C=O) groups is 1. The Labute approximate surface area is 126 Å². The molecule has 1 aliphatic rings. The van der Waals surface area contributed by atoms with Gasteiger partial charge >= 0.3 is 5.13 Å². The maximum absolute atomic E-state index is 12.3. The third-order valence-electron chi connectivity index (χ3n) is 3.17. The molecular weight excluding hydrogens is 290 g/mol. The lowest BCUT2D eigenvalue weighted by Crippen LogP contribution is -2.42. The summed E-state index contributed by atoms with van der Waals surface area (Å²) in [7, 11) is 0. The van der Waals surface area contributed by atoms with Gasteiger partial charge in [-0.05, 0) is 29.5 Å². The molecule has 1 aromatic heterocycles. The molecule has 110 valence electrons. The minimum Gasteiger partial charge on any atom is -0.486 e. The highest BCUT2D eigenvalue weighted by Crippen LogP contribution is 2.30. The zero-order valence-electron chi connectivity index (χ0n) is 11.7. The van der Waals surface area contributed by atoms with Crippen molar-refractivity contribution in [3.8, 4) is 11.5 Å². The molecule has 0 saturated heterocycles. The fourth-order valence-corrected chi connectivity index (χ4v) is 2.81. The van der Waals surface area contributed by atoms with Gasteiger partial charge in [-0.25, -0.2) is 0 Å². The van der Waals surface area contributed by atoms with Crippen LogP contribution in [0.15, 0.2) is 18.2 Å². The van der Waals surface area contributed by atoms with E-state index in [0.29, 0.717) is 35.4 Å². The van der Waals surface area contributed by atoms with Crippen molar-refractivity contribution in [3.05, 3.63) is 28.8 Å². The first kappa shape index (κ1) is 13.8. The molecule has 1 aromatic carbocycles. The number of nitrogens with two attached hydrogens (primary N) is 1. The second-order valence-electron chi connectivity index (χ2n) is 4.63. The molecule has 0 fully saturated rings. The Morgan fingerprint density at radius 3 is 2.86 bits per heavy atom. The van der Waals surface area contributed by atoms with Crippen molar-refractivity contribution in [2.75, 3.05) is 18.9 Å². The summed E-state index contributed by atoms with van der Waals surface area (Å²) < 4.78 is 12.5. The van der Waals surface area contributed by atoms with Gasteiger partial charge in [0.15, 0.2) is 18.0 Å². The van der Waals surface area contributed by atoms with Crippen molar-refractivity contribution in [1.29, 1.82) is 0 Å². The van der Waals surface area contributed by atoms with E-state index < -0.39 is 0 Å². The SMILES string of the molecule is CCc1n[n+](CC(=O)c2ccc3c(c2)OCCO3)c(N)s1. The number of ketones is 1. The average molecular weight is 306 g/mol. The van der Waals surface area contributed by atoms with Crippen molar-refractivity contribution in [2.24, 2.45) is 0 Å². The third kappa shape index (κ3) is 2.82. The summed E-state index contributed by atoms with van der Waals surface area (Å²) in [4.78, 5) is 12.3. The number of Topliss-reactive ketones (excluding diaryl/α,β-unsaturated/α-hetero) is 1. The van der Waals surface area contributed by atoms with E-state index in [1.54, 1.807) is 22.9 Å². The number of fused-ring (bicyclic) bond motifs is 1. The van der Waals surface area contributed by atoms with Gasteiger partial charge in [0.1, 0.15) is 18.2 Å². The molecule has 0 bridgehead atoms. The first-order chi connectivity index (χ1) is 10.2. The van der Waals surface area contributed by atoms with Crippen LogP contribution >= 0.6 is 11.3 Å². The predicted molar refractivity (Wildman–Crippen MR) is 77.9 cm³/mol. The molecule has 0 atom stereocenters. The van der Waals surface area contributed by atoms with Gasteiger partial charge in [0.05, 0.1) is 0 Å². The molecule has 0 aliphatic carbocycles. The van der Waals surface area contributed by atoms with Gasteiger partial charge in [-0.1, -0.05) is 12.0 Å². The molecule has 0 spiro atoms. The summed E-state index contributed by atoms with van der Waals surface area (Å²) in [5, 5.41) is 5.77. The summed E-state index contributed by atoms with van der Waals surface area (Å²) >= 11 is 1.41. The van der Waals surface area contributed by atoms with E-state index in [1.165, 1.54) is 11.3 Å². The summed E-state index contributed by atoms with van der Waals surface area (Å²) in [5.41, 5.74) is 6.44. The number of carbonyl (C=O) groups excluding carboxylic acids is 1. The molecule has 0 saturated carbocycles. The number of hydrogen-bond donors (Lipinski definition) is 1. The Hall–Kier alpha value is -2.15. The molecule has 6 nitrogen and oxygen atoms in total. The molecule has 0 amide bonds. The highest BCUT2D eigenvalue weighted by molar-refractivity contribution is 7.14. The summed E-state index contributed by atoms with van der Waals surface area (Å²) in [6.07, 6.45) is 0.806. The lowest BCUT2D eigenvalue weighted by Gasteiger charge is -2.18. The van der Waals surface area contributed by atoms with E-state index in [0.717, 1.165) is 11.4 Å². The lowest BCUT2D eigenvalue weighted by molar-refractivity contribution is -0.723. The van der Waals surface area contributed by atoms with Crippen LogP contribution in [0.5, 0.6) is 11.5 Å². The van der Waals surface area contributed by atoms with Crippen molar-refractivity contribution in [2.45, 2.75) is 19.9 Å². The molecule has 2 N–H and O–H groups in total. The molecule has 0 unspecified atom stereocenters. The number of benzene rings is 1. The Morgan fingerprint density at radius 2 is 2.14 bits per heavy atom. The topological polar surface area (TPSA) is 78.3 Å². The number of ether oxygens (including phenoxy) is 2. The van der Waals surface area contributed by atoms with Gasteiger partial charge in [-0.2, -0.15) is 0 Å². The highest BCUT2D eigenvalue weighted by atomic mass is 32.1. The highest BCUT2D eigenvalue weighted by Gasteiger charge is 2.20. The van der Waals surface area contributed by atoms with Crippen LogP contribution in [0, 0.1) is 0 Å². The van der Waals surface area contributed by atoms with Crippen LogP contribution in [-0.4, -0.2) is 24.1 Å². The first-order valence-electron chi connectivity index (χ1n) is 6.75. The number of aryl methyl sites for hydroxylation is 1. The van der Waals surface area contributed by atoms with Crippen molar-refractivity contribution in [1.82, 2.24) is 5.10 Å². The normalized spacial score (nSPS) is 13.2. The van der Waals surface area contributed by atoms with Crippen LogP contribution in [0.1, 0.15) is 22.3 Å². The standard InChI is InChI=1S/C14H15N3O3S/c1-2-13-16-17(14(15)21-13)8-10(18)9-3-4-11-12(7-9)20-6-5-19-11/h3-4,7,15H,2,5-6,8H2,1H3/p+1. The Kier molecular flexibility index (Phi) is 3.74. The number of nitrogen functional groups attached to an aromatic ring is 1. The third-order valence-corrected chi connectivity index (χ3v) is 4.19. The maximum atomic E-state index is 12.3. The van der Waals surface area contributed by atoms with Crippen LogP contribution in [0.25, 0.3) is 0 Å². The minimum atomic E-state index is -0.0587. The maximum Gasteiger partial charge on any atom is 0.354 e. The molecular formula is C14H16N3O3S+.